The summed E-state index contributed by atoms with van der Waals surface area (Å²) in [6, 6.07) is 1.91. The summed E-state index contributed by atoms with van der Waals surface area (Å²) in [7, 11) is 0. The molecular weight excluding hydrogens is 152 g/mol. The molecule has 0 spiro atoms. The molecule has 3 nitrogen and oxygen atoms in total. The third-order valence-corrected chi connectivity index (χ3v) is 1.75. The lowest BCUT2D eigenvalue weighted by molar-refractivity contribution is 0.379. The van der Waals surface area contributed by atoms with Crippen molar-refractivity contribution in [2.24, 2.45) is 11.7 Å². The highest BCUT2D eigenvalue weighted by molar-refractivity contribution is 5.07. The van der Waals surface area contributed by atoms with Crippen molar-refractivity contribution in [2.45, 2.75) is 33.2 Å². The molecule has 0 radical (unpaired) electrons. The van der Waals surface area contributed by atoms with Crippen LogP contribution >= 0.6 is 0 Å². The zero-order chi connectivity index (χ0) is 9.14. The highest BCUT2D eigenvalue weighted by atomic mass is 16.5. The van der Waals surface area contributed by atoms with Crippen LogP contribution in [-0.4, -0.2) is 5.16 Å². The van der Waals surface area contributed by atoms with Crippen LogP contribution in [0.2, 0.25) is 0 Å². The third-order valence-electron chi connectivity index (χ3n) is 1.75. The summed E-state index contributed by atoms with van der Waals surface area (Å²) in [5.41, 5.74) is 6.75. The van der Waals surface area contributed by atoms with E-state index < -0.39 is 0 Å². The molecule has 0 fully saturated rings. The first-order chi connectivity index (χ1) is 5.59. The molecule has 1 aromatic heterocycles. The molecule has 0 saturated carbocycles. The van der Waals surface area contributed by atoms with Gasteiger partial charge in [0.15, 0.2) is 0 Å². The Morgan fingerprint density at radius 3 is 2.67 bits per heavy atom. The number of hydrogen-bond donors (Lipinski definition) is 1. The largest absolute Gasteiger partial charge is 0.361 e. The Bertz CT molecular complexity index is 242. The molecule has 0 aliphatic heterocycles. The van der Waals surface area contributed by atoms with Gasteiger partial charge in [-0.1, -0.05) is 19.0 Å². The van der Waals surface area contributed by atoms with Gasteiger partial charge in [0.25, 0.3) is 0 Å². The van der Waals surface area contributed by atoms with Gasteiger partial charge in [-0.25, -0.2) is 0 Å². The molecular formula is C9H16N2O. The van der Waals surface area contributed by atoms with Crippen LogP contribution in [0.15, 0.2) is 10.6 Å². The molecule has 1 heterocycles. The predicted octanol–water partition coefficient (Wildman–Crippen LogP) is 2.03. The van der Waals surface area contributed by atoms with E-state index in [0.29, 0.717) is 5.92 Å². The maximum absolute atomic E-state index is 5.89. The van der Waals surface area contributed by atoms with Crippen molar-refractivity contribution in [3.63, 3.8) is 0 Å². The molecule has 0 amide bonds. The molecule has 1 rings (SSSR count). The Morgan fingerprint density at radius 1 is 1.58 bits per heavy atom. The standard InChI is InChI=1S/C9H16N2O/c1-6(2)4-8(10)9-5-7(3)12-11-9/h5-6,8H,4,10H2,1-3H3. The number of nitrogens with zero attached hydrogens (tertiary/aromatic N) is 1. The first-order valence-corrected chi connectivity index (χ1v) is 4.28. The average Bonchev–Trinajstić information content (AvgIpc) is 2.34. The smallest absolute Gasteiger partial charge is 0.133 e. The normalized spacial score (nSPS) is 13.8. The van der Waals surface area contributed by atoms with Crippen molar-refractivity contribution < 1.29 is 4.52 Å². The van der Waals surface area contributed by atoms with Gasteiger partial charge in [0.1, 0.15) is 11.5 Å². The molecule has 0 bridgehead atoms. The Balaban J connectivity index is 2.58. The van der Waals surface area contributed by atoms with Crippen molar-refractivity contribution in [3.8, 4) is 0 Å². The van der Waals surface area contributed by atoms with E-state index >= 15 is 0 Å². The fourth-order valence-electron chi connectivity index (χ4n) is 1.19. The summed E-state index contributed by atoms with van der Waals surface area (Å²) < 4.78 is 4.94. The van der Waals surface area contributed by atoms with Gasteiger partial charge < -0.3 is 10.3 Å². The molecule has 1 atom stereocenters. The monoisotopic (exact) mass is 168 g/mol. The predicted molar refractivity (Wildman–Crippen MR) is 47.6 cm³/mol. The van der Waals surface area contributed by atoms with E-state index in [2.05, 4.69) is 19.0 Å². The van der Waals surface area contributed by atoms with Gasteiger partial charge in [-0.15, -0.1) is 0 Å². The van der Waals surface area contributed by atoms with Gasteiger partial charge in [-0.2, -0.15) is 0 Å². The lowest BCUT2D eigenvalue weighted by Gasteiger charge is -2.09. The van der Waals surface area contributed by atoms with Crippen LogP contribution in [0.25, 0.3) is 0 Å². The fourth-order valence-corrected chi connectivity index (χ4v) is 1.19. The Morgan fingerprint density at radius 2 is 2.25 bits per heavy atom. The molecule has 68 valence electrons. The van der Waals surface area contributed by atoms with Crippen molar-refractivity contribution in [1.82, 2.24) is 5.16 Å². The second kappa shape index (κ2) is 3.72. The van der Waals surface area contributed by atoms with Crippen LogP contribution < -0.4 is 5.73 Å². The first kappa shape index (κ1) is 9.26. The Hall–Kier alpha value is -0.830. The molecule has 2 N–H and O–H groups in total. The molecule has 0 aromatic carbocycles. The van der Waals surface area contributed by atoms with Crippen LogP contribution in [-0.2, 0) is 0 Å². The zero-order valence-electron chi connectivity index (χ0n) is 7.87. The number of aryl methyl sites for hydroxylation is 1. The van der Waals surface area contributed by atoms with Crippen LogP contribution in [0.5, 0.6) is 0 Å². The topological polar surface area (TPSA) is 52.0 Å². The van der Waals surface area contributed by atoms with E-state index in [1.165, 1.54) is 0 Å². The van der Waals surface area contributed by atoms with Crippen molar-refractivity contribution in [1.29, 1.82) is 0 Å². The Labute approximate surface area is 72.9 Å². The molecule has 0 aliphatic rings. The minimum Gasteiger partial charge on any atom is -0.361 e. The van der Waals surface area contributed by atoms with Crippen LogP contribution in [0.4, 0.5) is 0 Å². The van der Waals surface area contributed by atoms with Crippen molar-refractivity contribution in [2.75, 3.05) is 0 Å². The summed E-state index contributed by atoms with van der Waals surface area (Å²) >= 11 is 0. The quantitative estimate of drug-likeness (QED) is 0.751. The van der Waals surface area contributed by atoms with Gasteiger partial charge in [0.2, 0.25) is 0 Å². The maximum Gasteiger partial charge on any atom is 0.133 e. The van der Waals surface area contributed by atoms with Crippen LogP contribution in [0, 0.1) is 12.8 Å². The second-order valence-corrected chi connectivity index (χ2v) is 3.60. The second-order valence-electron chi connectivity index (χ2n) is 3.60. The molecule has 3 heteroatoms. The molecule has 0 saturated heterocycles. The van der Waals surface area contributed by atoms with Gasteiger partial charge in [-0.05, 0) is 19.3 Å². The van der Waals surface area contributed by atoms with E-state index in [0.717, 1.165) is 17.9 Å². The molecule has 12 heavy (non-hydrogen) atoms. The average molecular weight is 168 g/mol. The highest BCUT2D eigenvalue weighted by Crippen LogP contribution is 2.17. The number of aromatic nitrogens is 1. The van der Waals surface area contributed by atoms with E-state index in [9.17, 15) is 0 Å². The van der Waals surface area contributed by atoms with E-state index in [4.69, 9.17) is 10.3 Å². The summed E-state index contributed by atoms with van der Waals surface area (Å²) in [6.45, 7) is 6.16. The van der Waals surface area contributed by atoms with Crippen LogP contribution in [0.1, 0.15) is 37.8 Å². The minimum atomic E-state index is 0.0162. The fraction of sp³-hybridized carbons (Fsp3) is 0.667. The number of hydrogen-bond acceptors (Lipinski definition) is 3. The molecule has 1 aromatic rings. The summed E-state index contributed by atoms with van der Waals surface area (Å²) in [4.78, 5) is 0. The number of nitrogens with two attached hydrogens (primary N) is 1. The van der Waals surface area contributed by atoms with Gasteiger partial charge >= 0.3 is 0 Å². The molecule has 0 aliphatic carbocycles. The molecule has 1 unspecified atom stereocenters. The first-order valence-electron chi connectivity index (χ1n) is 4.28. The van der Waals surface area contributed by atoms with E-state index in [1.807, 2.05) is 13.0 Å². The van der Waals surface area contributed by atoms with E-state index in [1.54, 1.807) is 0 Å². The van der Waals surface area contributed by atoms with Gasteiger partial charge in [0, 0.05) is 6.07 Å². The summed E-state index contributed by atoms with van der Waals surface area (Å²) in [6.07, 6.45) is 0.950. The van der Waals surface area contributed by atoms with Crippen molar-refractivity contribution >= 4 is 0 Å². The number of rotatable bonds is 3. The lowest BCUT2D eigenvalue weighted by Crippen LogP contribution is -2.13. The maximum atomic E-state index is 5.89. The van der Waals surface area contributed by atoms with E-state index in [-0.39, 0.29) is 6.04 Å². The zero-order valence-corrected chi connectivity index (χ0v) is 7.87. The Kier molecular flexibility index (Phi) is 2.87. The third kappa shape index (κ3) is 2.34. The SMILES string of the molecule is Cc1cc(C(N)CC(C)C)no1. The van der Waals surface area contributed by atoms with Crippen molar-refractivity contribution in [3.05, 3.63) is 17.5 Å². The minimum absolute atomic E-state index is 0.0162. The lowest BCUT2D eigenvalue weighted by atomic mass is 10.0. The van der Waals surface area contributed by atoms with Crippen LogP contribution in [0.3, 0.4) is 0 Å². The summed E-state index contributed by atoms with van der Waals surface area (Å²) in [5, 5.41) is 3.87. The highest BCUT2D eigenvalue weighted by Gasteiger charge is 2.11. The van der Waals surface area contributed by atoms with Gasteiger partial charge in [0.05, 0.1) is 6.04 Å². The van der Waals surface area contributed by atoms with Gasteiger partial charge in [-0.3, -0.25) is 0 Å². The summed E-state index contributed by atoms with van der Waals surface area (Å²) in [5.74, 6) is 1.42.